The number of benzene rings is 1. The number of hydrogen-bond donors (Lipinski definition) is 3. The van der Waals surface area contributed by atoms with E-state index in [4.69, 9.17) is 18.5 Å². The quantitative estimate of drug-likeness (QED) is 0.156. The van der Waals surface area contributed by atoms with Crippen LogP contribution in [0.4, 0.5) is 4.39 Å². The largest absolute Gasteiger partial charge is 0.465 e. The molecule has 15 heteroatoms. The zero-order valence-corrected chi connectivity index (χ0v) is 22.9. The zero-order valence-electron chi connectivity index (χ0n) is 20.4. The van der Waals surface area contributed by atoms with Crippen LogP contribution in [0, 0.1) is 0 Å². The Bertz CT molecular complexity index is 1160. The van der Waals surface area contributed by atoms with E-state index in [1.54, 1.807) is 18.2 Å². The summed E-state index contributed by atoms with van der Waals surface area (Å²) >= 11 is 2.62. The molecule has 0 saturated heterocycles. The van der Waals surface area contributed by atoms with Crippen molar-refractivity contribution in [3.05, 3.63) is 63.4 Å². The van der Waals surface area contributed by atoms with Gasteiger partial charge in [0.1, 0.15) is 30.2 Å². The second kappa shape index (κ2) is 14.6. The first-order valence-electron chi connectivity index (χ1n) is 11.3. The molecule has 1 aromatic heterocycles. The molecule has 0 aliphatic heterocycles. The molecule has 37 heavy (non-hydrogen) atoms. The van der Waals surface area contributed by atoms with Gasteiger partial charge in [0.15, 0.2) is 5.08 Å². The maximum absolute atomic E-state index is 14.0. The summed E-state index contributed by atoms with van der Waals surface area (Å²) in [6.07, 6.45) is -2.69. The molecular formula is C22H30BrFN3O9P. The fourth-order valence-electron chi connectivity index (χ4n) is 2.91. The van der Waals surface area contributed by atoms with E-state index in [0.717, 1.165) is 16.8 Å². The second-order valence-corrected chi connectivity index (χ2v) is 10.4. The minimum absolute atomic E-state index is 0.141. The molecular weight excluding hydrogens is 580 g/mol. The first-order chi connectivity index (χ1) is 17.5. The molecule has 1 aromatic carbocycles. The van der Waals surface area contributed by atoms with E-state index >= 15 is 0 Å². The van der Waals surface area contributed by atoms with E-state index in [1.807, 2.05) is 6.92 Å². The van der Waals surface area contributed by atoms with Gasteiger partial charge in [-0.1, -0.05) is 25.1 Å². The number of halogens is 2. The van der Waals surface area contributed by atoms with Crippen LogP contribution >= 0.6 is 23.7 Å². The molecule has 12 nitrogen and oxygen atoms in total. The number of hydrogen-bond acceptors (Lipinski definition) is 9. The lowest BCUT2D eigenvalue weighted by Gasteiger charge is -2.29. The number of para-hydroxylation sites is 1. The lowest BCUT2D eigenvalue weighted by molar-refractivity contribution is -0.145. The van der Waals surface area contributed by atoms with Gasteiger partial charge in [0.2, 0.25) is 0 Å². The summed E-state index contributed by atoms with van der Waals surface area (Å²) in [6.45, 7) is 4.08. The van der Waals surface area contributed by atoms with E-state index < -0.39 is 61.1 Å². The number of carbonyl (C=O) groups is 1. The summed E-state index contributed by atoms with van der Waals surface area (Å²) in [4.78, 5) is 37.7. The molecule has 0 aliphatic carbocycles. The third kappa shape index (κ3) is 9.80. The number of carbonyl (C=O) groups excluding carboxylic acids is 1. The molecule has 0 bridgehead atoms. The van der Waals surface area contributed by atoms with E-state index in [2.05, 4.69) is 26.0 Å². The van der Waals surface area contributed by atoms with Crippen LogP contribution in [0.15, 0.2) is 52.2 Å². The molecule has 0 amide bonds. The average molecular weight is 610 g/mol. The maximum atomic E-state index is 14.0. The Morgan fingerprint density at radius 1 is 1.24 bits per heavy atom. The topological polar surface area (TPSA) is 158 Å². The summed E-state index contributed by atoms with van der Waals surface area (Å²) in [7, 11) is -4.33. The van der Waals surface area contributed by atoms with Crippen molar-refractivity contribution in [3.63, 3.8) is 0 Å². The first kappa shape index (κ1) is 30.9. The number of H-pyrrole nitrogens is 1. The highest BCUT2D eigenvalue weighted by atomic mass is 79.9. The van der Waals surface area contributed by atoms with Gasteiger partial charge in [0, 0.05) is 12.3 Å². The zero-order chi connectivity index (χ0) is 27.6. The minimum atomic E-state index is -4.33. The Balaban J connectivity index is 2.26. The number of aliphatic hydroxyl groups is 1. The van der Waals surface area contributed by atoms with Crippen LogP contribution in [-0.2, 0) is 23.4 Å². The molecule has 0 fully saturated rings. The highest BCUT2D eigenvalue weighted by Crippen LogP contribution is 2.45. The molecule has 2 rings (SSSR count). The Labute approximate surface area is 220 Å². The Hall–Kier alpha value is -2.35. The maximum Gasteiger partial charge on any atom is 0.459 e. The number of esters is 1. The van der Waals surface area contributed by atoms with Gasteiger partial charge < -0.3 is 19.1 Å². The van der Waals surface area contributed by atoms with Crippen LogP contribution in [0.1, 0.15) is 33.4 Å². The SMILES string of the molecule is CCCOC(=O)[C@H](C)NP(=O)(OCC(O[C@H](C)n1ccc(=O)[nH]c1=O)C(O)C(F)Br)Oc1ccccc1. The highest BCUT2D eigenvalue weighted by Gasteiger charge is 2.36. The van der Waals surface area contributed by atoms with Crippen LogP contribution in [0.5, 0.6) is 5.75 Å². The van der Waals surface area contributed by atoms with Gasteiger partial charge in [-0.25, -0.2) is 13.8 Å². The predicted molar refractivity (Wildman–Crippen MR) is 135 cm³/mol. The Morgan fingerprint density at radius 2 is 1.92 bits per heavy atom. The number of rotatable bonds is 15. The molecule has 2 aromatic rings. The minimum Gasteiger partial charge on any atom is -0.465 e. The van der Waals surface area contributed by atoms with E-state index in [0.29, 0.717) is 6.42 Å². The molecule has 1 heterocycles. The second-order valence-electron chi connectivity index (χ2n) is 7.83. The molecule has 206 valence electrons. The van der Waals surface area contributed by atoms with Gasteiger partial charge >= 0.3 is 19.4 Å². The monoisotopic (exact) mass is 609 g/mol. The smallest absolute Gasteiger partial charge is 0.459 e. The number of aromatic amines is 1. The molecule has 4 unspecified atom stereocenters. The van der Waals surface area contributed by atoms with Gasteiger partial charge in [-0.3, -0.25) is 23.7 Å². The first-order valence-corrected chi connectivity index (χ1v) is 13.8. The Kier molecular flexibility index (Phi) is 12.1. The van der Waals surface area contributed by atoms with E-state index in [9.17, 15) is 28.4 Å². The summed E-state index contributed by atoms with van der Waals surface area (Å²) in [5, 5.41) is 10.8. The van der Waals surface area contributed by atoms with Crippen LogP contribution in [0.2, 0.25) is 0 Å². The Morgan fingerprint density at radius 3 is 2.51 bits per heavy atom. The number of nitrogens with zero attached hydrogens (tertiary/aromatic N) is 1. The number of aliphatic hydroxyl groups excluding tert-OH is 1. The van der Waals surface area contributed by atoms with Crippen molar-refractivity contribution < 1.29 is 37.4 Å². The fraction of sp³-hybridized carbons (Fsp3) is 0.500. The number of aromatic nitrogens is 2. The third-order valence-electron chi connectivity index (χ3n) is 4.79. The van der Waals surface area contributed by atoms with Gasteiger partial charge in [-0.2, -0.15) is 5.09 Å². The fourth-order valence-corrected chi connectivity index (χ4v) is 4.75. The average Bonchev–Trinajstić information content (AvgIpc) is 2.84. The van der Waals surface area contributed by atoms with Gasteiger partial charge in [-0.05, 0) is 48.3 Å². The van der Waals surface area contributed by atoms with Crippen molar-refractivity contribution in [1.82, 2.24) is 14.6 Å². The normalized spacial score (nSPS) is 17.1. The van der Waals surface area contributed by atoms with E-state index in [1.165, 1.54) is 26.0 Å². The summed E-state index contributed by atoms with van der Waals surface area (Å²) in [6, 6.07) is 7.91. The molecule has 0 radical (unpaired) electrons. The lowest BCUT2D eigenvalue weighted by atomic mass is 10.2. The van der Waals surface area contributed by atoms with Crippen LogP contribution in [0.25, 0.3) is 0 Å². The molecule has 0 spiro atoms. The van der Waals surface area contributed by atoms with Crippen molar-refractivity contribution in [2.24, 2.45) is 0 Å². The molecule has 6 atom stereocenters. The van der Waals surface area contributed by atoms with Crippen LogP contribution in [0.3, 0.4) is 0 Å². The summed E-state index contributed by atoms with van der Waals surface area (Å²) in [5.74, 6) is -0.562. The van der Waals surface area contributed by atoms with Crippen LogP contribution in [-0.4, -0.2) is 57.2 Å². The number of alkyl halides is 2. The summed E-state index contributed by atoms with van der Waals surface area (Å²) in [5.41, 5.74) is -1.43. The van der Waals surface area contributed by atoms with Crippen molar-refractivity contribution in [1.29, 1.82) is 0 Å². The van der Waals surface area contributed by atoms with Gasteiger partial charge in [-0.15, -0.1) is 0 Å². The third-order valence-corrected chi connectivity index (χ3v) is 6.97. The van der Waals surface area contributed by atoms with Crippen molar-refractivity contribution in [2.75, 3.05) is 13.2 Å². The predicted octanol–water partition coefficient (Wildman–Crippen LogP) is 2.63. The van der Waals surface area contributed by atoms with Crippen LogP contribution < -0.4 is 20.9 Å². The molecule has 0 saturated carbocycles. The van der Waals surface area contributed by atoms with Crippen molar-refractivity contribution in [3.8, 4) is 5.75 Å². The highest BCUT2D eigenvalue weighted by molar-refractivity contribution is 9.09. The standard InChI is InChI=1S/C22H30BrFN3O9P/c1-4-12-33-21(30)14(2)26-37(32,36-16-8-6-5-7-9-16)34-13-17(19(29)20(23)24)35-15(3)27-11-10-18(28)25-22(27)31/h5-11,14-15,17,19-20,29H,4,12-13H2,1-3H3,(H,26,32)(H,25,28,31)/t14-,15+,17?,19?,20?,37?/m0/s1. The van der Waals surface area contributed by atoms with Crippen molar-refractivity contribution in [2.45, 2.75) is 56.8 Å². The van der Waals surface area contributed by atoms with E-state index in [-0.39, 0.29) is 12.4 Å². The molecule has 3 N–H and O–H groups in total. The number of nitrogens with one attached hydrogen (secondary N) is 2. The number of ether oxygens (including phenoxy) is 2. The van der Waals surface area contributed by atoms with Gasteiger partial charge in [0.05, 0.1) is 13.2 Å². The lowest BCUT2D eigenvalue weighted by Crippen LogP contribution is -2.42. The molecule has 0 aliphatic rings. The summed E-state index contributed by atoms with van der Waals surface area (Å²) < 4.78 is 50.3. The van der Waals surface area contributed by atoms with Gasteiger partial charge in [0.25, 0.3) is 5.56 Å². The van der Waals surface area contributed by atoms with Crippen molar-refractivity contribution >= 4 is 29.6 Å².